The van der Waals surface area contributed by atoms with Crippen LogP contribution in [0.2, 0.25) is 5.02 Å². The van der Waals surface area contributed by atoms with E-state index in [1.165, 1.54) is 24.3 Å². The highest BCUT2D eigenvalue weighted by Gasteiger charge is 2.74. The van der Waals surface area contributed by atoms with Crippen molar-refractivity contribution in [1.82, 2.24) is 4.90 Å². The molecular formula is C48H54ClF4NO6. The van der Waals surface area contributed by atoms with Crippen molar-refractivity contribution in [3.63, 3.8) is 0 Å². The minimum atomic E-state index is -4.83. The highest BCUT2D eigenvalue weighted by atomic mass is 35.5. The predicted molar refractivity (Wildman–Crippen MR) is 219 cm³/mol. The minimum absolute atomic E-state index is 0.0228. The van der Waals surface area contributed by atoms with E-state index in [9.17, 15) is 33.3 Å². The van der Waals surface area contributed by atoms with Crippen molar-refractivity contribution in [1.29, 1.82) is 0 Å². The Kier molecular flexibility index (Phi) is 11.5. The molecule has 3 aromatic rings. The van der Waals surface area contributed by atoms with E-state index >= 15 is 4.39 Å². The van der Waals surface area contributed by atoms with Crippen molar-refractivity contribution in [2.24, 2.45) is 33.5 Å². The average molecular weight is 852 g/mol. The number of aliphatic hydroxyl groups excluding tert-OH is 2. The van der Waals surface area contributed by atoms with Gasteiger partial charge in [-0.1, -0.05) is 92.2 Å². The summed E-state index contributed by atoms with van der Waals surface area (Å²) >= 11 is 6.48. The van der Waals surface area contributed by atoms with E-state index in [1.54, 1.807) is 18.2 Å². The molecule has 0 aromatic heterocycles. The van der Waals surface area contributed by atoms with Crippen LogP contribution >= 0.6 is 11.6 Å². The highest BCUT2D eigenvalue weighted by molar-refractivity contribution is 6.31. The van der Waals surface area contributed by atoms with E-state index in [1.807, 2.05) is 35.2 Å². The third-order valence-corrected chi connectivity index (χ3v) is 15.7. The number of benzene rings is 3. The molecule has 0 saturated heterocycles. The molecule has 9 unspecified atom stereocenters. The van der Waals surface area contributed by atoms with Crippen molar-refractivity contribution in [2.75, 3.05) is 19.7 Å². The molecular weight excluding hydrogens is 798 g/mol. The molecule has 6 aliphatic carbocycles. The van der Waals surface area contributed by atoms with Gasteiger partial charge >= 0.3 is 6.36 Å². The number of fused-ring (bicyclic) bond motifs is 1. The summed E-state index contributed by atoms with van der Waals surface area (Å²) in [5.74, 6) is -1.26. The lowest BCUT2D eigenvalue weighted by molar-refractivity contribution is -0.274. The molecule has 0 amide bonds. The number of alkyl halides is 3. The van der Waals surface area contributed by atoms with Crippen molar-refractivity contribution in [2.45, 2.75) is 103 Å². The second-order valence-corrected chi connectivity index (χ2v) is 19.0. The van der Waals surface area contributed by atoms with E-state index < -0.39 is 46.2 Å². The number of allylic oxidation sites excluding steroid dienone is 4. The average Bonchev–Trinajstić information content (AvgIpc) is 3.46. The maximum Gasteiger partial charge on any atom is 0.573 e. The highest BCUT2D eigenvalue weighted by Crippen LogP contribution is 2.78. The lowest BCUT2D eigenvalue weighted by Crippen LogP contribution is -2.67. The number of hydrogen-bond acceptors (Lipinski definition) is 7. The van der Waals surface area contributed by atoms with Crippen LogP contribution in [0.25, 0.3) is 0 Å². The third-order valence-electron chi connectivity index (χ3n) is 15.4. The van der Waals surface area contributed by atoms with Crippen molar-refractivity contribution < 1.29 is 47.1 Å². The molecule has 9 rings (SSSR count). The number of halogens is 5. The number of ketones is 1. The first-order valence-corrected chi connectivity index (χ1v) is 21.5. The zero-order chi connectivity index (χ0) is 42.7. The van der Waals surface area contributed by atoms with Crippen LogP contribution in [0.3, 0.4) is 0 Å². The molecule has 3 N–H and O–H groups in total. The Labute approximate surface area is 354 Å². The number of Topliss-reactive ketones (excluding diaryl/α,β-unsaturated/α-hetero) is 1. The first-order chi connectivity index (χ1) is 28.4. The van der Waals surface area contributed by atoms with Gasteiger partial charge in [-0.15, -0.1) is 13.2 Å². The van der Waals surface area contributed by atoms with Crippen LogP contribution in [0.1, 0.15) is 75.5 Å². The van der Waals surface area contributed by atoms with Crippen LogP contribution in [-0.4, -0.2) is 69.9 Å². The fraction of sp³-hybridized carbons (Fsp3) is 0.521. The molecule has 0 aliphatic heterocycles. The van der Waals surface area contributed by atoms with Gasteiger partial charge in [-0.05, 0) is 97.6 Å². The number of nitrogens with zero attached hydrogens (tertiary/aromatic N) is 1. The summed E-state index contributed by atoms with van der Waals surface area (Å²) in [6, 6.07) is 19.6. The van der Waals surface area contributed by atoms with E-state index in [-0.39, 0.29) is 72.0 Å². The van der Waals surface area contributed by atoms with Crippen LogP contribution in [-0.2, 0) is 29.1 Å². The molecule has 2 bridgehead atoms. The number of carbonyl (C=O) groups excluding carboxylic acids is 1. The summed E-state index contributed by atoms with van der Waals surface area (Å²) in [6.07, 6.45) is 4.32. The van der Waals surface area contributed by atoms with Gasteiger partial charge in [-0.3, -0.25) is 9.69 Å². The number of carbonyl (C=O) groups is 1. The lowest BCUT2D eigenvalue weighted by Gasteiger charge is -2.71. The number of ether oxygens (including phenoxy) is 2. The van der Waals surface area contributed by atoms with Gasteiger partial charge in [0.1, 0.15) is 11.6 Å². The summed E-state index contributed by atoms with van der Waals surface area (Å²) in [7, 11) is 0. The zero-order valence-electron chi connectivity index (χ0n) is 34.1. The molecule has 9 atom stereocenters. The summed E-state index contributed by atoms with van der Waals surface area (Å²) in [4.78, 5) is 16.8. The van der Waals surface area contributed by atoms with Crippen LogP contribution in [0, 0.1) is 39.3 Å². The molecule has 3 fully saturated rings. The quantitative estimate of drug-likeness (QED) is 0.110. The fourth-order valence-corrected chi connectivity index (χ4v) is 12.7. The van der Waals surface area contributed by atoms with Gasteiger partial charge in [0.15, 0.2) is 5.78 Å². The molecule has 2 spiro atoms. The Morgan fingerprint density at radius 1 is 0.917 bits per heavy atom. The first kappa shape index (κ1) is 43.1. The Hall–Kier alpha value is -3.58. The number of hydrogen-bond donors (Lipinski definition) is 3. The Morgan fingerprint density at radius 3 is 2.33 bits per heavy atom. The largest absolute Gasteiger partial charge is 0.573 e. The van der Waals surface area contributed by atoms with Crippen molar-refractivity contribution >= 4 is 17.4 Å². The van der Waals surface area contributed by atoms with Crippen LogP contribution in [0.4, 0.5) is 17.6 Å². The standard InChI is InChI=1S/C48H54ClF4NO6/c1-43-18-15-33(55)24-45(43)21-22-47(37(25-45)40(57)23-36-38(49)9-6-10-39(36)50)41(43)16-19-44(2)42(47)17-20-46(44,58)30-54(26-31-11-13-35(14-12-31)60-48(51,52)53)27-34(56)29-59-28-32-7-4-3-5-8-32/h3-14,21-22,25,33-34,41-42,55-56,58H,15-20,23-24,26-30H2,1-2H3. The predicted octanol–water partition coefficient (Wildman–Crippen LogP) is 9.16. The smallest absolute Gasteiger partial charge is 0.406 e. The molecule has 12 heteroatoms. The van der Waals surface area contributed by atoms with Gasteiger partial charge in [0, 0.05) is 58.5 Å². The molecule has 3 saturated carbocycles. The van der Waals surface area contributed by atoms with Gasteiger partial charge in [0.05, 0.1) is 31.0 Å². The fourth-order valence-electron chi connectivity index (χ4n) is 12.5. The summed E-state index contributed by atoms with van der Waals surface area (Å²) < 4.78 is 64.1. The van der Waals surface area contributed by atoms with Gasteiger partial charge in [0.2, 0.25) is 0 Å². The molecule has 6 aliphatic rings. The van der Waals surface area contributed by atoms with E-state index in [0.717, 1.165) is 18.4 Å². The maximum atomic E-state index is 15.2. The summed E-state index contributed by atoms with van der Waals surface area (Å²) in [5.41, 5.74) is -1.22. The molecule has 60 heavy (non-hydrogen) atoms. The van der Waals surface area contributed by atoms with Crippen molar-refractivity contribution in [3.05, 3.63) is 124 Å². The molecule has 0 radical (unpaired) electrons. The van der Waals surface area contributed by atoms with Gasteiger partial charge < -0.3 is 24.8 Å². The Morgan fingerprint density at radius 2 is 1.62 bits per heavy atom. The molecule has 0 heterocycles. The second kappa shape index (κ2) is 16.0. The van der Waals surface area contributed by atoms with Crippen LogP contribution in [0.15, 0.2) is 96.6 Å². The van der Waals surface area contributed by atoms with Gasteiger partial charge in [0.25, 0.3) is 0 Å². The van der Waals surface area contributed by atoms with E-state index in [4.69, 9.17) is 16.3 Å². The van der Waals surface area contributed by atoms with Crippen molar-refractivity contribution in [3.8, 4) is 5.75 Å². The third kappa shape index (κ3) is 7.55. The SMILES string of the molecule is CC12CCC(O)CC13C=CC1(C(C(=O)Cc4c(F)cccc4Cl)=C3)C2CCC2(C)C1CCC2(O)CN(Cc1ccc(OC(F)(F)F)cc1)CC(O)COCc1ccccc1. The monoisotopic (exact) mass is 851 g/mol. The molecule has 7 nitrogen and oxygen atoms in total. The Bertz CT molecular complexity index is 2110. The van der Waals surface area contributed by atoms with Crippen LogP contribution in [0.5, 0.6) is 5.75 Å². The van der Waals surface area contributed by atoms with Gasteiger partial charge in [-0.25, -0.2) is 4.39 Å². The van der Waals surface area contributed by atoms with Crippen LogP contribution < -0.4 is 4.74 Å². The minimum Gasteiger partial charge on any atom is -0.406 e. The molecule has 3 aromatic carbocycles. The van der Waals surface area contributed by atoms with E-state index in [2.05, 4.69) is 36.8 Å². The van der Waals surface area contributed by atoms with Gasteiger partial charge in [-0.2, -0.15) is 0 Å². The number of rotatable bonds is 14. The van der Waals surface area contributed by atoms with E-state index in [0.29, 0.717) is 49.8 Å². The number of aliphatic hydroxyl groups is 3. The summed E-state index contributed by atoms with van der Waals surface area (Å²) in [5, 5.41) is 35.7. The maximum absolute atomic E-state index is 15.2. The lowest BCUT2D eigenvalue weighted by atomic mass is 9.32. The first-order valence-electron chi connectivity index (χ1n) is 21.1. The molecule has 322 valence electrons. The zero-order valence-corrected chi connectivity index (χ0v) is 34.8. The Balaban J connectivity index is 1.11. The normalized spacial score (nSPS) is 33.5. The summed E-state index contributed by atoms with van der Waals surface area (Å²) in [6.45, 7) is 5.21. The second-order valence-electron chi connectivity index (χ2n) is 18.6. The topological polar surface area (TPSA) is 99.5 Å².